The van der Waals surface area contributed by atoms with Crippen LogP contribution in [0.4, 0.5) is 0 Å². The lowest BCUT2D eigenvalue weighted by Crippen LogP contribution is -2.40. The van der Waals surface area contributed by atoms with Gasteiger partial charge in [-0.25, -0.2) is 0 Å². The molecule has 1 aliphatic carbocycles. The third kappa shape index (κ3) is 4.84. The zero-order valence-electron chi connectivity index (χ0n) is 8.99. The fourth-order valence-corrected chi connectivity index (χ4v) is 2.89. The fraction of sp³-hybridized carbons (Fsp3) is 0.800. The van der Waals surface area contributed by atoms with Gasteiger partial charge >= 0.3 is 0 Å². The molecule has 15 heavy (non-hydrogen) atoms. The summed E-state index contributed by atoms with van der Waals surface area (Å²) in [5.74, 6) is -0.0331. The van der Waals surface area contributed by atoms with E-state index in [4.69, 9.17) is 18.0 Å². The van der Waals surface area contributed by atoms with Gasteiger partial charge in [-0.2, -0.15) is 11.8 Å². The van der Waals surface area contributed by atoms with E-state index in [1.807, 2.05) is 11.8 Å². The van der Waals surface area contributed by atoms with E-state index < -0.39 is 0 Å². The molecule has 0 heterocycles. The Hall–Kier alpha value is -0.290. The van der Waals surface area contributed by atoms with Gasteiger partial charge in [-0.15, -0.1) is 0 Å². The van der Waals surface area contributed by atoms with Crippen molar-refractivity contribution in [2.75, 3.05) is 6.26 Å². The maximum atomic E-state index is 11.4. The number of carbonyl (C=O) groups excluding carboxylic acids is 1. The molecule has 0 aliphatic heterocycles. The van der Waals surface area contributed by atoms with Gasteiger partial charge in [0.25, 0.3) is 0 Å². The van der Waals surface area contributed by atoms with Crippen LogP contribution in [0.25, 0.3) is 0 Å². The Balaban J connectivity index is 2.31. The smallest absolute Gasteiger partial charge is 0.227 e. The molecule has 2 unspecified atom stereocenters. The first-order chi connectivity index (χ1) is 7.11. The first kappa shape index (κ1) is 12.8. The molecule has 86 valence electrons. The monoisotopic (exact) mass is 246 g/mol. The molecule has 0 bridgehead atoms. The molecule has 1 aliphatic rings. The van der Waals surface area contributed by atoms with Gasteiger partial charge in [0.2, 0.25) is 5.91 Å². The Labute approximate surface area is 101 Å². The predicted octanol–water partition coefficient (Wildman–Crippen LogP) is 1.45. The van der Waals surface area contributed by atoms with E-state index in [1.54, 1.807) is 0 Å². The second-order valence-electron chi connectivity index (χ2n) is 3.93. The zero-order chi connectivity index (χ0) is 11.3. The van der Waals surface area contributed by atoms with E-state index in [1.165, 1.54) is 12.8 Å². The molecule has 0 aromatic carbocycles. The third-order valence-corrected chi connectivity index (χ3v) is 3.90. The Bertz CT molecular complexity index is 246. The summed E-state index contributed by atoms with van der Waals surface area (Å²) in [6, 6.07) is 0.318. The van der Waals surface area contributed by atoms with Crippen molar-refractivity contribution in [3.05, 3.63) is 0 Å². The molecule has 5 heteroatoms. The molecule has 0 spiro atoms. The van der Waals surface area contributed by atoms with Crippen LogP contribution >= 0.6 is 24.0 Å². The first-order valence-electron chi connectivity index (χ1n) is 5.22. The van der Waals surface area contributed by atoms with Crippen LogP contribution in [-0.2, 0) is 4.79 Å². The Morgan fingerprint density at radius 2 is 2.33 bits per heavy atom. The van der Waals surface area contributed by atoms with Gasteiger partial charge in [-0.3, -0.25) is 4.79 Å². The predicted molar refractivity (Wildman–Crippen MR) is 69.1 cm³/mol. The van der Waals surface area contributed by atoms with Crippen molar-refractivity contribution < 1.29 is 4.79 Å². The van der Waals surface area contributed by atoms with Crippen molar-refractivity contribution in [2.24, 2.45) is 5.73 Å². The second-order valence-corrected chi connectivity index (χ2v) is 5.59. The molecule has 3 N–H and O–H groups in total. The molecular formula is C10H18N2OS2. The number of nitrogens with two attached hydrogens (primary N) is 1. The lowest BCUT2D eigenvalue weighted by Gasteiger charge is -2.28. The maximum Gasteiger partial charge on any atom is 0.227 e. The Morgan fingerprint density at radius 1 is 1.60 bits per heavy atom. The van der Waals surface area contributed by atoms with Gasteiger partial charge < -0.3 is 11.1 Å². The van der Waals surface area contributed by atoms with Crippen LogP contribution < -0.4 is 11.1 Å². The van der Waals surface area contributed by atoms with Crippen LogP contribution in [0, 0.1) is 0 Å². The number of hydrogen-bond acceptors (Lipinski definition) is 3. The van der Waals surface area contributed by atoms with Crippen molar-refractivity contribution in [1.82, 2.24) is 5.32 Å². The van der Waals surface area contributed by atoms with Gasteiger partial charge in [0, 0.05) is 11.3 Å². The van der Waals surface area contributed by atoms with Crippen LogP contribution in [-0.4, -0.2) is 28.4 Å². The van der Waals surface area contributed by atoms with Gasteiger partial charge in [-0.1, -0.05) is 18.6 Å². The fourth-order valence-electron chi connectivity index (χ4n) is 1.93. The molecule has 1 amide bonds. The van der Waals surface area contributed by atoms with Gasteiger partial charge in [0.05, 0.1) is 11.4 Å². The van der Waals surface area contributed by atoms with E-state index in [0.29, 0.717) is 11.3 Å². The number of thioether (sulfide) groups is 1. The average Bonchev–Trinajstić information content (AvgIpc) is 2.16. The highest BCUT2D eigenvalue weighted by molar-refractivity contribution is 7.99. The van der Waals surface area contributed by atoms with Gasteiger partial charge in [0.1, 0.15) is 0 Å². The summed E-state index contributed by atoms with van der Waals surface area (Å²) in [5, 5.41) is 3.68. The maximum absolute atomic E-state index is 11.4. The minimum atomic E-state index is -0.0331. The second kappa shape index (κ2) is 6.33. The molecule has 2 atom stereocenters. The number of thiocarbonyl (C=S) groups is 1. The third-order valence-electron chi connectivity index (χ3n) is 2.66. The lowest BCUT2D eigenvalue weighted by atomic mass is 9.95. The van der Waals surface area contributed by atoms with Crippen LogP contribution in [0.3, 0.4) is 0 Å². The van der Waals surface area contributed by atoms with Crippen molar-refractivity contribution in [3.8, 4) is 0 Å². The SMILES string of the molecule is CSC1CCCC(NC(=O)CC(N)=S)C1. The molecule has 0 aromatic heterocycles. The molecule has 0 saturated heterocycles. The van der Waals surface area contributed by atoms with E-state index in [0.717, 1.165) is 12.8 Å². The number of rotatable bonds is 4. The van der Waals surface area contributed by atoms with Crippen LogP contribution in [0.5, 0.6) is 0 Å². The molecule has 0 radical (unpaired) electrons. The van der Waals surface area contributed by atoms with Crippen molar-refractivity contribution in [1.29, 1.82) is 0 Å². The van der Waals surface area contributed by atoms with E-state index in [2.05, 4.69) is 11.6 Å². The summed E-state index contributed by atoms with van der Waals surface area (Å²) in [4.78, 5) is 11.7. The molecule has 3 nitrogen and oxygen atoms in total. The number of hydrogen-bond donors (Lipinski definition) is 2. The van der Waals surface area contributed by atoms with Crippen LogP contribution in [0.15, 0.2) is 0 Å². The summed E-state index contributed by atoms with van der Waals surface area (Å²) >= 11 is 6.59. The van der Waals surface area contributed by atoms with Crippen molar-refractivity contribution >= 4 is 34.9 Å². The Kier molecular flexibility index (Phi) is 5.39. The molecule has 1 rings (SSSR count). The molecule has 1 fully saturated rings. The first-order valence-corrected chi connectivity index (χ1v) is 6.92. The summed E-state index contributed by atoms with van der Waals surface area (Å²) in [6.45, 7) is 0. The molecule has 0 aromatic rings. The van der Waals surface area contributed by atoms with Crippen molar-refractivity contribution in [3.63, 3.8) is 0 Å². The summed E-state index contributed by atoms with van der Waals surface area (Å²) in [5.41, 5.74) is 5.32. The molecule has 1 saturated carbocycles. The highest BCUT2D eigenvalue weighted by Crippen LogP contribution is 2.26. The zero-order valence-corrected chi connectivity index (χ0v) is 10.6. The van der Waals surface area contributed by atoms with Gasteiger partial charge in [-0.05, 0) is 25.5 Å². The summed E-state index contributed by atoms with van der Waals surface area (Å²) in [6.07, 6.45) is 6.93. The van der Waals surface area contributed by atoms with Gasteiger partial charge in [0.15, 0.2) is 0 Å². The summed E-state index contributed by atoms with van der Waals surface area (Å²) < 4.78 is 0. The largest absolute Gasteiger partial charge is 0.393 e. The van der Waals surface area contributed by atoms with Crippen LogP contribution in [0.2, 0.25) is 0 Å². The quantitative estimate of drug-likeness (QED) is 0.737. The average molecular weight is 246 g/mol. The van der Waals surface area contributed by atoms with E-state index in [-0.39, 0.29) is 17.3 Å². The Morgan fingerprint density at radius 3 is 2.93 bits per heavy atom. The van der Waals surface area contributed by atoms with Crippen molar-refractivity contribution in [2.45, 2.75) is 43.4 Å². The molecular weight excluding hydrogens is 228 g/mol. The highest BCUT2D eigenvalue weighted by atomic mass is 32.2. The minimum Gasteiger partial charge on any atom is -0.393 e. The highest BCUT2D eigenvalue weighted by Gasteiger charge is 2.22. The topological polar surface area (TPSA) is 55.1 Å². The standard InChI is InChI=1S/C10H18N2OS2/c1-15-8-4-2-3-7(5-8)12-10(13)6-9(11)14/h7-8H,2-6H2,1H3,(H2,11,14)(H,12,13). The van der Waals surface area contributed by atoms with E-state index in [9.17, 15) is 4.79 Å². The summed E-state index contributed by atoms with van der Waals surface area (Å²) in [7, 11) is 0. The minimum absolute atomic E-state index is 0.0331. The van der Waals surface area contributed by atoms with Crippen LogP contribution in [0.1, 0.15) is 32.1 Å². The number of amides is 1. The number of nitrogens with one attached hydrogen (secondary N) is 1. The lowest BCUT2D eigenvalue weighted by molar-refractivity contribution is -0.120. The normalized spacial score (nSPS) is 25.9. The van der Waals surface area contributed by atoms with E-state index >= 15 is 0 Å². The number of carbonyl (C=O) groups is 1.